The molecule has 69 heavy (non-hydrogen) atoms. The SMILES string of the molecule is C[C@H]1CC2=C3[C@H]4C5=C6[C@H](/C=C\[C@@H](C7CCCC7)C[C@H]7[C@]68C(=O)O/C(=C(/O)[C@@H]6C[C@H]9CC[C@@H](C%10CCCCC%10)[C@@H]6N6C[C@@H]%10C[C@@H](CN3[C@@H]%10CC2)[C@@H]96)[C@@]8(CC5)[C@]72OC(=O)c3c(CCCN)cccc32)C[C@H]41. The quantitative estimate of drug-likeness (QED) is 0.222. The number of ether oxygens (including phenoxy) is 2. The van der Waals surface area contributed by atoms with E-state index in [0.717, 1.165) is 49.8 Å². The number of rotatable bonds is 5. The Morgan fingerprint density at radius 1 is 0.826 bits per heavy atom. The molecule has 3 spiro atoms. The van der Waals surface area contributed by atoms with Crippen LogP contribution >= 0.6 is 0 Å². The summed E-state index contributed by atoms with van der Waals surface area (Å²) in [5.41, 5.74) is 12.0. The summed E-state index contributed by atoms with van der Waals surface area (Å²) in [6.07, 6.45) is 30.1. The summed E-state index contributed by atoms with van der Waals surface area (Å²) in [6.45, 7) is 5.45. The monoisotopic (exact) mass is 932 g/mol. The number of nitrogens with zero attached hydrogens (tertiary/aromatic N) is 2. The minimum Gasteiger partial charge on any atom is -0.508 e. The molecule has 17 atom stereocenters. The molecule has 8 heterocycles. The van der Waals surface area contributed by atoms with Gasteiger partial charge in [0.15, 0.2) is 11.4 Å². The van der Waals surface area contributed by atoms with Gasteiger partial charge in [-0.05, 0) is 173 Å². The molecular weight excluding hydrogens is 855 g/mol. The second-order valence-electron chi connectivity index (χ2n) is 26.6. The Kier molecular flexibility index (Phi) is 8.96. The fourth-order valence-corrected chi connectivity index (χ4v) is 22.6. The van der Waals surface area contributed by atoms with Crippen LogP contribution in [0.2, 0.25) is 0 Å². The minimum absolute atomic E-state index is 0.109. The van der Waals surface area contributed by atoms with Gasteiger partial charge in [0.2, 0.25) is 0 Å². The van der Waals surface area contributed by atoms with Crippen LogP contribution in [0.3, 0.4) is 0 Å². The first-order valence-corrected chi connectivity index (χ1v) is 29.2. The predicted molar refractivity (Wildman–Crippen MR) is 263 cm³/mol. The van der Waals surface area contributed by atoms with Crippen LogP contribution in [0, 0.1) is 87.8 Å². The third-order valence-electron chi connectivity index (χ3n) is 24.5. The number of aliphatic hydroxyl groups excluding tert-OH is 1. The van der Waals surface area contributed by atoms with E-state index >= 15 is 9.59 Å². The Morgan fingerprint density at radius 2 is 1.67 bits per heavy atom. The van der Waals surface area contributed by atoms with Gasteiger partial charge in [0.1, 0.15) is 11.2 Å². The van der Waals surface area contributed by atoms with Gasteiger partial charge in [-0.2, -0.15) is 0 Å². The third-order valence-corrected chi connectivity index (χ3v) is 24.5. The van der Waals surface area contributed by atoms with Gasteiger partial charge >= 0.3 is 11.9 Å². The van der Waals surface area contributed by atoms with Crippen LogP contribution in [-0.4, -0.2) is 64.6 Å². The van der Waals surface area contributed by atoms with Gasteiger partial charge in [0, 0.05) is 60.2 Å². The standard InChI is InChI=1S/C61H77N3O5/c1-32-25-38-19-21-47-40-26-41-31-63(47)53(38)50-43-22-23-59-56(55(65)45-28-39-18-20-42(34-11-3-2-4-12-34)54(45)64(30-40)52(39)41)68-58(67)60(59)48(61(59)46-15-7-13-35(14-8-24-62)49(46)57(66)69-61)29-36(33-9-5-6-10-33)16-17-37(51(43)60)27-44(32)50/h7,13,15-17,32-34,36-37,39-42,44-45,47-48,50,52,54,65H,2-6,8-12,14,18-31,62H2,1H3/b17-16-,56-55+/t32-,36+,37+,39+,40-,41-,42-,44-,45+,47+,48-,50-,52+,54-,59+,60+,61+/m0/s1. The zero-order chi connectivity index (χ0) is 45.9. The lowest BCUT2D eigenvalue weighted by Gasteiger charge is -2.73. The van der Waals surface area contributed by atoms with Crippen molar-refractivity contribution in [3.63, 3.8) is 0 Å². The van der Waals surface area contributed by atoms with Crippen molar-refractivity contribution < 1.29 is 24.2 Å². The molecule has 0 amide bonds. The summed E-state index contributed by atoms with van der Waals surface area (Å²) in [4.78, 5) is 38.0. The topological polar surface area (TPSA) is 105 Å². The van der Waals surface area contributed by atoms with Crippen LogP contribution in [0.15, 0.2) is 64.3 Å². The zero-order valence-electron chi connectivity index (χ0n) is 41.4. The van der Waals surface area contributed by atoms with Crippen molar-refractivity contribution >= 4 is 11.9 Å². The third kappa shape index (κ3) is 4.98. The molecule has 3 N–H and O–H groups in total. The summed E-state index contributed by atoms with van der Waals surface area (Å²) < 4.78 is 14.8. The van der Waals surface area contributed by atoms with Gasteiger partial charge in [-0.25, -0.2) is 4.79 Å². The molecule has 0 aromatic heterocycles. The Morgan fingerprint density at radius 3 is 2.52 bits per heavy atom. The van der Waals surface area contributed by atoms with Gasteiger partial charge in [0.05, 0.1) is 11.0 Å². The summed E-state index contributed by atoms with van der Waals surface area (Å²) in [5.74, 6) is 5.45. The molecule has 16 aliphatic rings. The fourth-order valence-electron chi connectivity index (χ4n) is 22.6. The summed E-state index contributed by atoms with van der Waals surface area (Å²) in [5, 5.41) is 14.2. The van der Waals surface area contributed by atoms with Crippen molar-refractivity contribution in [3.8, 4) is 0 Å². The molecule has 8 aliphatic carbocycles. The van der Waals surface area contributed by atoms with Gasteiger partial charge in [-0.15, -0.1) is 0 Å². The Bertz CT molecular complexity index is 2560. The molecule has 0 unspecified atom stereocenters. The van der Waals surface area contributed by atoms with Gasteiger partial charge in [0.25, 0.3) is 0 Å². The highest BCUT2D eigenvalue weighted by Gasteiger charge is 2.94. The number of allylic oxidation sites excluding steroid dienone is 4. The van der Waals surface area contributed by atoms with E-state index in [2.05, 4.69) is 47.1 Å². The number of nitrogens with two attached hydrogens (primary N) is 1. The first-order valence-electron chi connectivity index (χ1n) is 29.2. The van der Waals surface area contributed by atoms with Crippen LogP contribution in [0.5, 0.6) is 0 Å². The van der Waals surface area contributed by atoms with Crippen molar-refractivity contribution in [2.75, 3.05) is 19.6 Å². The second kappa shape index (κ2) is 14.7. The normalized spacial score (nSPS) is 49.2. The van der Waals surface area contributed by atoms with Crippen LogP contribution in [0.1, 0.15) is 163 Å². The van der Waals surface area contributed by atoms with Crippen LogP contribution in [0.25, 0.3) is 0 Å². The number of benzene rings is 1. The molecule has 0 radical (unpaired) electrons. The van der Waals surface area contributed by atoms with Crippen LogP contribution < -0.4 is 5.73 Å². The van der Waals surface area contributed by atoms with Crippen molar-refractivity contribution in [1.29, 1.82) is 0 Å². The summed E-state index contributed by atoms with van der Waals surface area (Å²) in [7, 11) is 0. The fraction of sp³-hybridized carbons (Fsp3) is 0.738. The molecule has 9 bridgehead atoms. The lowest BCUT2D eigenvalue weighted by molar-refractivity contribution is -0.282. The Labute approximate surface area is 410 Å². The smallest absolute Gasteiger partial charge is 0.339 e. The molecule has 9 fully saturated rings. The minimum atomic E-state index is -1.12. The number of aryl methyl sites for hydroxylation is 1. The Hall–Kier alpha value is -3.36. The highest BCUT2D eigenvalue weighted by atomic mass is 16.6. The zero-order valence-corrected chi connectivity index (χ0v) is 41.4. The van der Waals surface area contributed by atoms with E-state index in [1.807, 2.05) is 0 Å². The van der Waals surface area contributed by atoms with E-state index in [1.165, 1.54) is 108 Å². The summed E-state index contributed by atoms with van der Waals surface area (Å²) in [6, 6.07) is 7.81. The molecular formula is C61H77N3O5. The number of carbonyl (C=O) groups is 2. The van der Waals surface area contributed by atoms with E-state index in [1.54, 1.807) is 16.8 Å². The number of esters is 2. The van der Waals surface area contributed by atoms with Crippen molar-refractivity contribution in [3.05, 3.63) is 81.0 Å². The molecule has 1 aromatic carbocycles. The lowest BCUT2D eigenvalue weighted by atomic mass is 9.27. The van der Waals surface area contributed by atoms with Crippen molar-refractivity contribution in [1.82, 2.24) is 9.80 Å². The Balaban J connectivity index is 1.01. The molecule has 17 rings (SSSR count). The highest BCUT2D eigenvalue weighted by Crippen LogP contribution is 2.88. The van der Waals surface area contributed by atoms with Crippen LogP contribution in [-0.2, 0) is 26.3 Å². The largest absolute Gasteiger partial charge is 0.508 e. The number of fused-ring (bicyclic) bond motifs is 8. The average Bonchev–Trinajstić information content (AvgIpc) is 4.00. The molecule has 366 valence electrons. The molecule has 5 saturated heterocycles. The molecule has 4 saturated carbocycles. The van der Waals surface area contributed by atoms with Crippen molar-refractivity contribution in [2.24, 2.45) is 93.5 Å². The van der Waals surface area contributed by atoms with Crippen molar-refractivity contribution in [2.45, 2.75) is 172 Å². The molecule has 8 heteroatoms. The lowest BCUT2D eigenvalue weighted by Crippen LogP contribution is -2.78. The van der Waals surface area contributed by atoms with Gasteiger partial charge in [-0.3, -0.25) is 9.69 Å². The number of carbonyl (C=O) groups excluding carboxylic acids is 2. The molecule has 8 nitrogen and oxygen atoms in total. The number of hydrogen-bond donors (Lipinski definition) is 2. The second-order valence-corrected chi connectivity index (χ2v) is 26.6. The maximum absolute atomic E-state index is 16.6. The maximum Gasteiger partial charge on any atom is 0.339 e. The van der Waals surface area contributed by atoms with E-state index in [-0.39, 0.29) is 41.7 Å². The predicted octanol–water partition coefficient (Wildman–Crippen LogP) is 11.1. The van der Waals surface area contributed by atoms with E-state index < -0.39 is 16.4 Å². The summed E-state index contributed by atoms with van der Waals surface area (Å²) >= 11 is 0. The number of piperidine rings is 3. The van der Waals surface area contributed by atoms with Gasteiger partial charge in [-0.1, -0.05) is 93.4 Å². The highest BCUT2D eigenvalue weighted by molar-refractivity contribution is 6.00. The number of aliphatic hydroxyl groups is 1. The maximum atomic E-state index is 16.6. The van der Waals surface area contributed by atoms with E-state index in [4.69, 9.17) is 15.2 Å². The van der Waals surface area contributed by atoms with E-state index in [9.17, 15) is 5.11 Å². The molecule has 1 aromatic rings. The van der Waals surface area contributed by atoms with Crippen LogP contribution in [0.4, 0.5) is 0 Å². The number of hydrogen-bond acceptors (Lipinski definition) is 8. The average molecular weight is 932 g/mol. The first kappa shape index (κ1) is 42.2. The molecule has 8 aliphatic heterocycles. The van der Waals surface area contributed by atoms with Gasteiger partial charge < -0.3 is 25.2 Å². The van der Waals surface area contributed by atoms with E-state index in [0.29, 0.717) is 102 Å². The first-order chi connectivity index (χ1) is 33.8.